The molecular weight excluding hydrogens is 462 g/mol. The highest BCUT2D eigenvalue weighted by Gasteiger charge is 2.39. The molecule has 2 fully saturated rings. The number of aromatic nitrogens is 3. The molecule has 0 saturated carbocycles. The molecule has 3 aliphatic rings. The van der Waals surface area contributed by atoms with Crippen molar-refractivity contribution < 1.29 is 14.4 Å². The lowest BCUT2D eigenvalue weighted by Gasteiger charge is -2.42. The summed E-state index contributed by atoms with van der Waals surface area (Å²) in [6.45, 7) is 9.31. The molecule has 0 radical (unpaired) electrons. The molecule has 3 N–H and O–H groups in total. The van der Waals surface area contributed by atoms with Crippen LogP contribution in [-0.4, -0.2) is 56.1 Å². The molecule has 5 heterocycles. The monoisotopic (exact) mass is 495 g/mol. The molecule has 4 unspecified atom stereocenters. The lowest BCUT2D eigenvalue weighted by atomic mass is 9.83. The Bertz CT molecular complexity index is 1270. The van der Waals surface area contributed by atoms with Gasteiger partial charge in [-0.05, 0) is 30.7 Å². The first-order chi connectivity index (χ1) is 17.0. The molecule has 2 bridgehead atoms. The summed E-state index contributed by atoms with van der Waals surface area (Å²) in [5.74, 6) is -1.01. The first kappa shape index (κ1) is 24.2. The van der Waals surface area contributed by atoms with E-state index in [-0.39, 0.29) is 34.8 Å². The van der Waals surface area contributed by atoms with Gasteiger partial charge in [-0.1, -0.05) is 26.8 Å². The summed E-state index contributed by atoms with van der Waals surface area (Å²) in [5, 5.41) is 13.4. The predicted molar refractivity (Wildman–Crippen MR) is 132 cm³/mol. The van der Waals surface area contributed by atoms with Gasteiger partial charge in [-0.2, -0.15) is 5.10 Å². The van der Waals surface area contributed by atoms with Crippen molar-refractivity contribution in [3.05, 3.63) is 46.0 Å². The number of aryl methyl sites for hydroxylation is 1. The highest BCUT2D eigenvalue weighted by atomic mass is 16.2. The number of nitrogens with one attached hydrogen (secondary N) is 3. The van der Waals surface area contributed by atoms with Gasteiger partial charge in [0.2, 0.25) is 5.91 Å². The number of fused-ring (bicyclic) bond motifs is 4. The third-order valence-corrected chi connectivity index (χ3v) is 7.40. The number of rotatable bonds is 2. The fourth-order valence-corrected chi connectivity index (χ4v) is 5.56. The molecule has 2 aromatic rings. The summed E-state index contributed by atoms with van der Waals surface area (Å²) >= 11 is 0. The summed E-state index contributed by atoms with van der Waals surface area (Å²) in [4.78, 5) is 52.5. The number of amides is 3. The van der Waals surface area contributed by atoms with E-state index in [1.54, 1.807) is 34.6 Å². The van der Waals surface area contributed by atoms with Crippen molar-refractivity contribution in [1.29, 1.82) is 0 Å². The number of nitrogens with zero attached hydrogens (tertiary/aromatic N) is 4. The number of carbonyl (C=O) groups excluding carboxylic acids is 3. The second-order valence-corrected chi connectivity index (χ2v) is 11.2. The van der Waals surface area contributed by atoms with E-state index >= 15 is 0 Å². The highest BCUT2D eigenvalue weighted by molar-refractivity contribution is 6.39. The van der Waals surface area contributed by atoms with E-state index in [0.717, 1.165) is 12.1 Å². The van der Waals surface area contributed by atoms with E-state index in [4.69, 9.17) is 0 Å². The molecule has 0 spiro atoms. The first-order valence-corrected chi connectivity index (χ1v) is 12.4. The van der Waals surface area contributed by atoms with Crippen LogP contribution in [0.5, 0.6) is 0 Å². The van der Waals surface area contributed by atoms with Crippen molar-refractivity contribution in [3.63, 3.8) is 0 Å². The summed E-state index contributed by atoms with van der Waals surface area (Å²) in [5.41, 5.74) is 1.37. The van der Waals surface area contributed by atoms with Crippen LogP contribution in [-0.2, 0) is 20.9 Å². The lowest BCUT2D eigenvalue weighted by molar-refractivity contribution is -0.145. The fourth-order valence-electron chi connectivity index (χ4n) is 5.56. The number of piperidine rings is 1. The fraction of sp³-hybridized carbons (Fsp3) is 0.560. The Labute approximate surface area is 209 Å². The van der Waals surface area contributed by atoms with E-state index in [1.807, 2.05) is 6.07 Å². The zero-order valence-corrected chi connectivity index (χ0v) is 21.1. The number of likely N-dealkylation sites (tertiary alicyclic amines) is 1. The molecule has 5 rings (SSSR count). The Hall–Kier alpha value is -3.47. The van der Waals surface area contributed by atoms with Gasteiger partial charge in [-0.25, -0.2) is 4.68 Å². The molecule has 0 aliphatic carbocycles. The molecule has 4 atom stereocenters. The lowest BCUT2D eigenvalue weighted by Crippen LogP contribution is -2.57. The van der Waals surface area contributed by atoms with E-state index in [0.29, 0.717) is 37.6 Å². The van der Waals surface area contributed by atoms with Crippen LogP contribution in [0, 0.1) is 18.3 Å². The van der Waals surface area contributed by atoms with Crippen molar-refractivity contribution >= 4 is 23.5 Å². The maximum absolute atomic E-state index is 13.2. The molecule has 2 aromatic heterocycles. The van der Waals surface area contributed by atoms with Crippen LogP contribution in [0.4, 0.5) is 5.82 Å². The number of hydrogen-bond acceptors (Lipinski definition) is 6. The van der Waals surface area contributed by atoms with Gasteiger partial charge >= 0.3 is 11.8 Å². The van der Waals surface area contributed by atoms with Gasteiger partial charge in [0.25, 0.3) is 5.56 Å². The molecule has 0 aromatic carbocycles. The van der Waals surface area contributed by atoms with Gasteiger partial charge in [0.05, 0.1) is 5.69 Å². The van der Waals surface area contributed by atoms with Crippen LogP contribution in [0.15, 0.2) is 29.1 Å². The quantitative estimate of drug-likeness (QED) is 0.531. The zero-order chi connectivity index (χ0) is 25.8. The van der Waals surface area contributed by atoms with Crippen molar-refractivity contribution in [2.24, 2.45) is 11.3 Å². The van der Waals surface area contributed by atoms with Gasteiger partial charge in [0.1, 0.15) is 5.82 Å². The average Bonchev–Trinajstić information content (AvgIpc) is 3.18. The molecule has 36 heavy (non-hydrogen) atoms. The maximum Gasteiger partial charge on any atom is 0.315 e. The van der Waals surface area contributed by atoms with Crippen LogP contribution in [0.25, 0.3) is 0 Å². The van der Waals surface area contributed by atoms with E-state index in [9.17, 15) is 19.2 Å². The van der Waals surface area contributed by atoms with Gasteiger partial charge in [0, 0.05) is 55.8 Å². The normalized spacial score (nSPS) is 25.7. The van der Waals surface area contributed by atoms with E-state index in [2.05, 4.69) is 41.8 Å². The molecule has 192 valence electrons. The molecular formula is C25H33N7O4. The Morgan fingerprint density at radius 2 is 1.92 bits per heavy atom. The molecule has 11 heteroatoms. The minimum Gasteiger partial charge on any atom is -0.333 e. The number of hydrogen-bond donors (Lipinski definition) is 3. The van der Waals surface area contributed by atoms with Crippen molar-refractivity contribution in [2.75, 3.05) is 18.4 Å². The van der Waals surface area contributed by atoms with Crippen LogP contribution in [0.2, 0.25) is 0 Å². The summed E-state index contributed by atoms with van der Waals surface area (Å²) in [7, 11) is 0. The third-order valence-electron chi connectivity index (χ3n) is 7.40. The molecule has 3 amide bonds. The minimum absolute atomic E-state index is 0.0203. The van der Waals surface area contributed by atoms with Gasteiger partial charge in [0.15, 0.2) is 6.29 Å². The van der Waals surface area contributed by atoms with Crippen LogP contribution >= 0.6 is 0 Å². The second kappa shape index (κ2) is 8.88. The zero-order valence-electron chi connectivity index (χ0n) is 21.1. The molecule has 3 aliphatic heterocycles. The van der Waals surface area contributed by atoms with Gasteiger partial charge in [-0.15, -0.1) is 0 Å². The second-order valence-electron chi connectivity index (χ2n) is 11.2. The van der Waals surface area contributed by atoms with Crippen molar-refractivity contribution in [3.8, 4) is 0 Å². The highest BCUT2D eigenvalue weighted by Crippen LogP contribution is 2.35. The number of carbonyl (C=O) groups is 3. The summed E-state index contributed by atoms with van der Waals surface area (Å²) in [6.07, 6.45) is 0.578. The predicted octanol–water partition coefficient (Wildman–Crippen LogP) is 0.918. The van der Waals surface area contributed by atoms with E-state index < -0.39 is 18.1 Å². The Morgan fingerprint density at radius 3 is 2.67 bits per heavy atom. The van der Waals surface area contributed by atoms with Gasteiger partial charge < -0.3 is 20.1 Å². The topological polar surface area (TPSA) is 130 Å². The van der Waals surface area contributed by atoms with Crippen LogP contribution in [0.1, 0.15) is 57.2 Å². The summed E-state index contributed by atoms with van der Waals surface area (Å²) < 4.78 is 3.29. The van der Waals surface area contributed by atoms with Gasteiger partial charge in [-0.3, -0.25) is 24.5 Å². The number of pyridine rings is 1. The Balaban J connectivity index is 1.31. The van der Waals surface area contributed by atoms with Crippen molar-refractivity contribution in [2.45, 2.75) is 65.3 Å². The summed E-state index contributed by atoms with van der Waals surface area (Å²) in [6, 6.07) is 6.81. The molecule has 11 nitrogen and oxygen atoms in total. The minimum atomic E-state index is -0.754. The smallest absolute Gasteiger partial charge is 0.315 e. The van der Waals surface area contributed by atoms with E-state index in [1.165, 1.54) is 4.68 Å². The third kappa shape index (κ3) is 4.55. The van der Waals surface area contributed by atoms with Crippen LogP contribution < -0.4 is 21.5 Å². The first-order valence-electron chi connectivity index (χ1n) is 12.4. The van der Waals surface area contributed by atoms with Crippen molar-refractivity contribution in [1.82, 2.24) is 29.9 Å². The standard InChI is InChI=1S/C25H33N7O4/c1-14-8-19(32(29-14)24-26-18(25(2,3)4)10-20(33)28-24)27-22(35)23(36)30-11-15-9-16(13-30)17-6-5-7-21(34)31(17)12-15/h5-8,15-16,18,24,26H,9-13H2,1-4H3,(H,27,35)(H,28,33). The average molecular weight is 496 g/mol. The largest absolute Gasteiger partial charge is 0.333 e. The SMILES string of the molecule is Cc1cc(NC(=O)C(=O)N2CC3CC(C2)c2cccc(=O)n2C3)n(C2NC(=O)CC(C(C)(C)C)N2)n1. The number of anilines is 1. The molecule has 2 saturated heterocycles. The Kier molecular flexibility index (Phi) is 5.98. The Morgan fingerprint density at radius 1 is 1.14 bits per heavy atom. The van der Waals surface area contributed by atoms with Crippen LogP contribution in [0.3, 0.4) is 0 Å². The maximum atomic E-state index is 13.2.